The highest BCUT2D eigenvalue weighted by atomic mass is 16.6. The lowest BCUT2D eigenvalue weighted by atomic mass is 9.97. The quantitative estimate of drug-likeness (QED) is 0.259. The first-order chi connectivity index (χ1) is 13.6. The van der Waals surface area contributed by atoms with Crippen LogP contribution >= 0.6 is 0 Å². The first-order valence-electron chi connectivity index (χ1n) is 9.02. The minimum Gasteiger partial charge on any atom is -0.339 e. The van der Waals surface area contributed by atoms with Crippen molar-refractivity contribution in [2.24, 2.45) is 0 Å². The summed E-state index contributed by atoms with van der Waals surface area (Å²) in [6.07, 6.45) is 2.09. The van der Waals surface area contributed by atoms with Crippen LogP contribution in [-0.2, 0) is 0 Å². The Labute approximate surface area is 162 Å². The third kappa shape index (κ3) is 3.30. The van der Waals surface area contributed by atoms with E-state index < -0.39 is 0 Å². The highest BCUT2D eigenvalue weighted by Gasteiger charge is 2.22. The van der Waals surface area contributed by atoms with E-state index in [1.54, 1.807) is 12.1 Å². The highest BCUT2D eigenvalue weighted by Crippen LogP contribution is 2.32. The number of fused-ring (bicyclic) bond motifs is 1. The number of nitro benzene ring substituents is 1. The average molecular weight is 370 g/mol. The molecule has 0 fully saturated rings. The number of hydrogen-bond acceptors (Lipinski definition) is 3. The van der Waals surface area contributed by atoms with E-state index in [2.05, 4.69) is 0 Å². The van der Waals surface area contributed by atoms with Gasteiger partial charge in [0.25, 0.3) is 5.69 Å². The van der Waals surface area contributed by atoms with E-state index in [0.29, 0.717) is 10.9 Å². The van der Waals surface area contributed by atoms with Gasteiger partial charge in [0.2, 0.25) is 0 Å². The minimum absolute atomic E-state index is 0.0294. The number of benzene rings is 3. The minimum atomic E-state index is -0.376. The van der Waals surface area contributed by atoms with Gasteiger partial charge in [-0.25, -0.2) is 0 Å². The fraction of sp³-hybridized carbons (Fsp3) is 0.0870. The fourth-order valence-electron chi connectivity index (χ4n) is 3.57. The van der Waals surface area contributed by atoms with Gasteiger partial charge in [0.05, 0.1) is 21.9 Å². The van der Waals surface area contributed by atoms with Crippen LogP contribution in [0.15, 0.2) is 91.1 Å². The maximum Gasteiger partial charge on any atom is 0.278 e. The number of nitro groups is 1. The van der Waals surface area contributed by atoms with Crippen LogP contribution in [0.25, 0.3) is 10.9 Å². The van der Waals surface area contributed by atoms with Gasteiger partial charge in [0.1, 0.15) is 0 Å². The molecule has 0 saturated heterocycles. The summed E-state index contributed by atoms with van der Waals surface area (Å²) in [5.74, 6) is 0.0294. The van der Waals surface area contributed by atoms with Gasteiger partial charge in [0.15, 0.2) is 5.78 Å². The van der Waals surface area contributed by atoms with Crippen molar-refractivity contribution in [3.05, 3.63) is 112 Å². The van der Waals surface area contributed by atoms with Crippen LogP contribution in [0.2, 0.25) is 0 Å². The molecule has 0 bridgehead atoms. The Morgan fingerprint density at radius 2 is 1.57 bits per heavy atom. The summed E-state index contributed by atoms with van der Waals surface area (Å²) in [5, 5.41) is 11.9. The molecule has 4 aromatic rings. The Morgan fingerprint density at radius 1 is 0.893 bits per heavy atom. The summed E-state index contributed by atoms with van der Waals surface area (Å²) in [5.41, 5.74) is 2.45. The molecule has 0 amide bonds. The van der Waals surface area contributed by atoms with E-state index in [4.69, 9.17) is 0 Å². The molecule has 5 nitrogen and oxygen atoms in total. The summed E-state index contributed by atoms with van der Waals surface area (Å²) in [7, 11) is 0. The third-order valence-corrected chi connectivity index (χ3v) is 4.93. The lowest BCUT2D eigenvalue weighted by Crippen LogP contribution is -2.15. The second kappa shape index (κ2) is 7.48. The van der Waals surface area contributed by atoms with Crippen molar-refractivity contribution in [2.75, 3.05) is 0 Å². The molecule has 1 atom stereocenters. The smallest absolute Gasteiger partial charge is 0.278 e. The molecule has 28 heavy (non-hydrogen) atoms. The summed E-state index contributed by atoms with van der Waals surface area (Å²) in [6.45, 7) is 0. The maximum absolute atomic E-state index is 12.9. The number of non-ortho nitro benzene ring substituents is 1. The Balaban J connectivity index is 1.81. The number of carbonyl (C=O) groups excluding carboxylic acids is 1. The second-order valence-corrected chi connectivity index (χ2v) is 6.61. The fourth-order valence-corrected chi connectivity index (χ4v) is 3.57. The van der Waals surface area contributed by atoms with Gasteiger partial charge < -0.3 is 4.57 Å². The maximum atomic E-state index is 12.9. The number of ketones is 1. The number of hydrogen-bond donors (Lipinski definition) is 0. The largest absolute Gasteiger partial charge is 0.339 e. The normalized spacial score (nSPS) is 12.0. The summed E-state index contributed by atoms with van der Waals surface area (Å²) in [6, 6.07) is 25.5. The molecule has 1 unspecified atom stereocenters. The van der Waals surface area contributed by atoms with Gasteiger partial charge in [-0.3, -0.25) is 14.9 Å². The van der Waals surface area contributed by atoms with E-state index in [1.165, 1.54) is 6.07 Å². The first kappa shape index (κ1) is 17.7. The Morgan fingerprint density at radius 3 is 2.25 bits per heavy atom. The van der Waals surface area contributed by atoms with Gasteiger partial charge >= 0.3 is 0 Å². The van der Waals surface area contributed by atoms with Crippen LogP contribution in [-0.4, -0.2) is 15.3 Å². The van der Waals surface area contributed by atoms with Crippen LogP contribution in [0.4, 0.5) is 5.69 Å². The van der Waals surface area contributed by atoms with Crippen LogP contribution < -0.4 is 0 Å². The molecule has 0 N–H and O–H groups in total. The van der Waals surface area contributed by atoms with Crippen molar-refractivity contribution in [3.8, 4) is 0 Å². The Bertz CT molecular complexity index is 1130. The molecule has 0 spiro atoms. The molecule has 1 heterocycles. The first-order valence-corrected chi connectivity index (χ1v) is 9.02. The number of Topliss-reactive ketones (excluding diaryl/α,β-unsaturated/α-hetero) is 1. The number of aromatic nitrogens is 1. The van der Waals surface area contributed by atoms with E-state index >= 15 is 0 Å². The Hall–Kier alpha value is -3.73. The zero-order chi connectivity index (χ0) is 19.5. The van der Waals surface area contributed by atoms with Crippen molar-refractivity contribution >= 4 is 22.4 Å². The number of nitrogens with zero attached hydrogens (tertiary/aromatic N) is 2. The third-order valence-electron chi connectivity index (χ3n) is 4.93. The predicted molar refractivity (Wildman–Crippen MR) is 109 cm³/mol. The molecule has 0 aliphatic carbocycles. The van der Waals surface area contributed by atoms with Gasteiger partial charge in [0, 0.05) is 24.2 Å². The zero-order valence-corrected chi connectivity index (χ0v) is 15.1. The van der Waals surface area contributed by atoms with Crippen molar-refractivity contribution in [1.29, 1.82) is 0 Å². The van der Waals surface area contributed by atoms with Gasteiger partial charge in [-0.05, 0) is 17.7 Å². The number of carbonyl (C=O) groups is 1. The molecule has 3 aromatic carbocycles. The monoisotopic (exact) mass is 370 g/mol. The molecule has 0 saturated carbocycles. The van der Waals surface area contributed by atoms with Gasteiger partial charge in [-0.15, -0.1) is 0 Å². The SMILES string of the molecule is O=C(CC(c1ccccc1)n1ccc2c([N+](=O)[O-])cccc21)c1ccccc1. The van der Waals surface area contributed by atoms with E-state index in [9.17, 15) is 14.9 Å². The molecule has 0 aliphatic rings. The lowest BCUT2D eigenvalue weighted by Gasteiger charge is -2.20. The van der Waals surface area contributed by atoms with Crippen molar-refractivity contribution in [1.82, 2.24) is 4.57 Å². The van der Waals surface area contributed by atoms with Crippen LogP contribution in [0.1, 0.15) is 28.4 Å². The highest BCUT2D eigenvalue weighted by molar-refractivity contribution is 5.97. The van der Waals surface area contributed by atoms with E-state index in [-0.39, 0.29) is 28.9 Å². The van der Waals surface area contributed by atoms with Crippen LogP contribution in [0.5, 0.6) is 0 Å². The van der Waals surface area contributed by atoms with Crippen LogP contribution in [0, 0.1) is 10.1 Å². The van der Waals surface area contributed by atoms with Crippen molar-refractivity contribution in [2.45, 2.75) is 12.5 Å². The van der Waals surface area contributed by atoms with Crippen molar-refractivity contribution < 1.29 is 9.72 Å². The summed E-state index contributed by atoms with van der Waals surface area (Å²) < 4.78 is 1.96. The molecule has 0 radical (unpaired) electrons. The van der Waals surface area contributed by atoms with E-state index in [1.807, 2.05) is 77.5 Å². The zero-order valence-electron chi connectivity index (χ0n) is 15.1. The van der Waals surface area contributed by atoms with Gasteiger partial charge in [-0.1, -0.05) is 66.7 Å². The molecule has 1 aromatic heterocycles. The molecule has 5 heteroatoms. The summed E-state index contributed by atoms with van der Waals surface area (Å²) in [4.78, 5) is 23.9. The second-order valence-electron chi connectivity index (χ2n) is 6.61. The van der Waals surface area contributed by atoms with Crippen molar-refractivity contribution in [3.63, 3.8) is 0 Å². The average Bonchev–Trinajstić information content (AvgIpc) is 3.17. The molecule has 0 aliphatic heterocycles. The lowest BCUT2D eigenvalue weighted by molar-refractivity contribution is -0.383. The molecular formula is C23H18N2O3. The van der Waals surface area contributed by atoms with Crippen LogP contribution in [0.3, 0.4) is 0 Å². The van der Waals surface area contributed by atoms with Gasteiger partial charge in [-0.2, -0.15) is 0 Å². The molecular weight excluding hydrogens is 352 g/mol. The Kier molecular flexibility index (Phi) is 4.72. The molecule has 138 valence electrons. The van der Waals surface area contributed by atoms with E-state index in [0.717, 1.165) is 11.1 Å². The molecule has 4 rings (SSSR count). The summed E-state index contributed by atoms with van der Waals surface area (Å²) >= 11 is 0. The predicted octanol–water partition coefficient (Wildman–Crippen LogP) is 5.41. The topological polar surface area (TPSA) is 65.1 Å². The number of rotatable bonds is 6. The standard InChI is InChI=1S/C23H18N2O3/c26-23(18-10-5-2-6-11-18)16-22(17-8-3-1-4-9-17)24-15-14-19-20(24)12-7-13-21(19)25(27)28/h1-15,22H,16H2.